The minimum absolute atomic E-state index is 0.315. The molecule has 0 saturated heterocycles. The first-order valence-corrected chi connectivity index (χ1v) is 7.99. The SMILES string of the molecule is Cc1nc(-c2ccccc2)ncc1C(=O)N[C@H]1CCC[C@H]1C(=O)O. The lowest BCUT2D eigenvalue weighted by atomic mass is 10.0. The molecule has 1 aliphatic rings. The molecule has 6 heteroatoms. The van der Waals surface area contributed by atoms with Crippen LogP contribution in [-0.2, 0) is 4.79 Å². The van der Waals surface area contributed by atoms with Crippen molar-refractivity contribution in [3.05, 3.63) is 47.8 Å². The van der Waals surface area contributed by atoms with Crippen molar-refractivity contribution in [1.29, 1.82) is 0 Å². The van der Waals surface area contributed by atoms with Crippen molar-refractivity contribution in [3.63, 3.8) is 0 Å². The Hall–Kier alpha value is -2.76. The molecule has 0 unspecified atom stereocenters. The second kappa shape index (κ2) is 6.78. The Kier molecular flexibility index (Phi) is 4.55. The van der Waals surface area contributed by atoms with Crippen LogP contribution in [0.2, 0.25) is 0 Å². The van der Waals surface area contributed by atoms with Crippen molar-refractivity contribution < 1.29 is 14.7 Å². The highest BCUT2D eigenvalue weighted by atomic mass is 16.4. The number of carbonyl (C=O) groups is 2. The van der Waals surface area contributed by atoms with Crippen molar-refractivity contribution >= 4 is 11.9 Å². The molecule has 1 saturated carbocycles. The predicted octanol–water partition coefficient (Wildman–Crippen LogP) is 2.44. The number of carboxylic acid groups (broad SMARTS) is 1. The fourth-order valence-electron chi connectivity index (χ4n) is 3.09. The molecule has 1 heterocycles. The Labute approximate surface area is 140 Å². The van der Waals surface area contributed by atoms with Gasteiger partial charge in [0, 0.05) is 17.8 Å². The van der Waals surface area contributed by atoms with Gasteiger partial charge in [-0.2, -0.15) is 0 Å². The number of hydrogen-bond acceptors (Lipinski definition) is 4. The highest BCUT2D eigenvalue weighted by molar-refractivity contribution is 5.95. The summed E-state index contributed by atoms with van der Waals surface area (Å²) in [5, 5.41) is 12.0. The van der Waals surface area contributed by atoms with Gasteiger partial charge in [0.15, 0.2) is 5.82 Å². The van der Waals surface area contributed by atoms with Crippen LogP contribution < -0.4 is 5.32 Å². The number of aromatic nitrogens is 2. The van der Waals surface area contributed by atoms with Crippen LogP contribution in [0.3, 0.4) is 0 Å². The summed E-state index contributed by atoms with van der Waals surface area (Å²) in [5.41, 5.74) is 1.84. The van der Waals surface area contributed by atoms with E-state index in [9.17, 15) is 14.7 Å². The maximum atomic E-state index is 12.5. The first-order chi connectivity index (χ1) is 11.6. The van der Waals surface area contributed by atoms with E-state index in [-0.39, 0.29) is 11.9 Å². The van der Waals surface area contributed by atoms with Crippen molar-refractivity contribution in [2.24, 2.45) is 5.92 Å². The Morgan fingerprint density at radius 1 is 1.21 bits per heavy atom. The molecule has 2 atom stereocenters. The zero-order valence-corrected chi connectivity index (χ0v) is 13.4. The largest absolute Gasteiger partial charge is 0.481 e. The number of nitrogens with zero attached hydrogens (tertiary/aromatic N) is 2. The van der Waals surface area contributed by atoms with Crippen LogP contribution in [-0.4, -0.2) is 33.0 Å². The number of aryl methyl sites for hydroxylation is 1. The van der Waals surface area contributed by atoms with Crippen molar-refractivity contribution in [2.45, 2.75) is 32.2 Å². The van der Waals surface area contributed by atoms with Crippen LogP contribution in [0.4, 0.5) is 0 Å². The topological polar surface area (TPSA) is 92.2 Å². The normalized spacial score (nSPS) is 19.9. The van der Waals surface area contributed by atoms with Crippen molar-refractivity contribution in [2.75, 3.05) is 0 Å². The summed E-state index contributed by atoms with van der Waals surface area (Å²) in [6.07, 6.45) is 3.60. The number of amides is 1. The zero-order chi connectivity index (χ0) is 17.1. The number of carboxylic acids is 1. The summed E-state index contributed by atoms with van der Waals surface area (Å²) in [6, 6.07) is 9.21. The summed E-state index contributed by atoms with van der Waals surface area (Å²) >= 11 is 0. The van der Waals surface area contributed by atoms with Gasteiger partial charge in [-0.3, -0.25) is 9.59 Å². The average Bonchev–Trinajstić information content (AvgIpc) is 3.03. The van der Waals surface area contributed by atoms with Gasteiger partial charge >= 0.3 is 5.97 Å². The van der Waals surface area contributed by atoms with Crippen LogP contribution in [0, 0.1) is 12.8 Å². The number of carbonyl (C=O) groups excluding carboxylic acids is 1. The van der Waals surface area contributed by atoms with Gasteiger partial charge in [0.2, 0.25) is 0 Å². The van der Waals surface area contributed by atoms with E-state index in [2.05, 4.69) is 15.3 Å². The van der Waals surface area contributed by atoms with Crippen molar-refractivity contribution in [1.82, 2.24) is 15.3 Å². The van der Waals surface area contributed by atoms with E-state index in [0.717, 1.165) is 12.0 Å². The van der Waals surface area contributed by atoms with E-state index >= 15 is 0 Å². The smallest absolute Gasteiger partial charge is 0.308 e. The number of nitrogens with one attached hydrogen (secondary N) is 1. The Morgan fingerprint density at radius 3 is 2.62 bits per heavy atom. The maximum absolute atomic E-state index is 12.5. The third-order valence-electron chi connectivity index (χ3n) is 4.41. The van der Waals surface area contributed by atoms with Gasteiger partial charge in [-0.25, -0.2) is 9.97 Å². The summed E-state index contributed by atoms with van der Waals surface area (Å²) in [7, 11) is 0. The quantitative estimate of drug-likeness (QED) is 0.901. The van der Waals surface area contributed by atoms with Crippen LogP contribution >= 0.6 is 0 Å². The highest BCUT2D eigenvalue weighted by Crippen LogP contribution is 2.26. The molecule has 1 fully saturated rings. The summed E-state index contributed by atoms with van der Waals surface area (Å²) in [4.78, 5) is 32.4. The second-order valence-corrected chi connectivity index (χ2v) is 6.01. The third-order valence-corrected chi connectivity index (χ3v) is 4.41. The molecule has 2 N–H and O–H groups in total. The lowest BCUT2D eigenvalue weighted by Gasteiger charge is -2.18. The Balaban J connectivity index is 1.77. The number of hydrogen-bond donors (Lipinski definition) is 2. The fourth-order valence-corrected chi connectivity index (χ4v) is 3.09. The summed E-state index contributed by atoms with van der Waals surface area (Å²) < 4.78 is 0. The molecule has 2 aromatic rings. The van der Waals surface area contributed by atoms with E-state index in [1.165, 1.54) is 6.20 Å². The van der Waals surface area contributed by atoms with Crippen LogP contribution in [0.1, 0.15) is 35.3 Å². The van der Waals surface area contributed by atoms with Gasteiger partial charge in [-0.1, -0.05) is 36.8 Å². The van der Waals surface area contributed by atoms with E-state index in [0.29, 0.717) is 29.9 Å². The van der Waals surface area contributed by atoms with Crippen LogP contribution in [0.15, 0.2) is 36.5 Å². The monoisotopic (exact) mass is 325 g/mol. The lowest BCUT2D eigenvalue weighted by Crippen LogP contribution is -2.40. The van der Waals surface area contributed by atoms with Crippen molar-refractivity contribution in [3.8, 4) is 11.4 Å². The maximum Gasteiger partial charge on any atom is 0.308 e. The standard InChI is InChI=1S/C18H19N3O3/c1-11-14(10-19-16(20-11)12-6-3-2-4-7-12)17(22)21-15-9-5-8-13(15)18(23)24/h2-4,6-7,10,13,15H,5,8-9H2,1H3,(H,21,22)(H,23,24)/t13-,15+/m1/s1. The number of benzene rings is 1. The summed E-state index contributed by atoms with van der Waals surface area (Å²) in [5.74, 6) is -1.12. The first-order valence-electron chi connectivity index (χ1n) is 7.99. The van der Waals surface area contributed by atoms with Gasteiger partial charge < -0.3 is 10.4 Å². The van der Waals surface area contributed by atoms with Crippen LogP contribution in [0.25, 0.3) is 11.4 Å². The Morgan fingerprint density at radius 2 is 1.96 bits per heavy atom. The molecular weight excluding hydrogens is 306 g/mol. The van der Waals surface area contributed by atoms with Gasteiger partial charge in [-0.05, 0) is 19.8 Å². The van der Waals surface area contributed by atoms with Gasteiger partial charge in [0.25, 0.3) is 5.91 Å². The fraction of sp³-hybridized carbons (Fsp3) is 0.333. The molecular formula is C18H19N3O3. The minimum Gasteiger partial charge on any atom is -0.481 e. The molecule has 124 valence electrons. The molecule has 1 aromatic carbocycles. The predicted molar refractivity (Wildman–Crippen MR) is 88.4 cm³/mol. The minimum atomic E-state index is -0.856. The molecule has 1 amide bonds. The third kappa shape index (κ3) is 3.27. The second-order valence-electron chi connectivity index (χ2n) is 6.01. The number of aliphatic carboxylic acids is 1. The molecule has 24 heavy (non-hydrogen) atoms. The summed E-state index contributed by atoms with van der Waals surface area (Å²) in [6.45, 7) is 1.76. The van der Waals surface area contributed by atoms with Gasteiger partial charge in [0.1, 0.15) is 0 Å². The molecule has 0 spiro atoms. The molecule has 1 aliphatic carbocycles. The number of rotatable bonds is 4. The molecule has 3 rings (SSSR count). The zero-order valence-electron chi connectivity index (χ0n) is 13.4. The van der Waals surface area contributed by atoms with Gasteiger partial charge in [0.05, 0.1) is 17.2 Å². The molecule has 0 aliphatic heterocycles. The van der Waals surface area contributed by atoms with E-state index in [1.54, 1.807) is 6.92 Å². The Bertz CT molecular complexity index is 761. The molecule has 6 nitrogen and oxygen atoms in total. The van der Waals surface area contributed by atoms with E-state index in [1.807, 2.05) is 30.3 Å². The highest BCUT2D eigenvalue weighted by Gasteiger charge is 2.34. The molecule has 0 bridgehead atoms. The van der Waals surface area contributed by atoms with E-state index in [4.69, 9.17) is 0 Å². The average molecular weight is 325 g/mol. The first kappa shape index (κ1) is 16.1. The van der Waals surface area contributed by atoms with Crippen LogP contribution in [0.5, 0.6) is 0 Å². The lowest BCUT2D eigenvalue weighted by molar-refractivity contribution is -0.142. The van der Waals surface area contributed by atoms with E-state index < -0.39 is 11.9 Å². The van der Waals surface area contributed by atoms with Gasteiger partial charge in [-0.15, -0.1) is 0 Å². The molecule has 0 radical (unpaired) electrons. The molecule has 1 aromatic heterocycles.